The van der Waals surface area contributed by atoms with E-state index in [1.807, 2.05) is 18.2 Å². The minimum Gasteiger partial charge on any atom is -0.462 e. The molecule has 0 atom stereocenters. The molecule has 0 bridgehead atoms. The molecule has 0 spiro atoms. The second-order valence-corrected chi connectivity index (χ2v) is 4.67. The molecule has 0 radical (unpaired) electrons. The largest absolute Gasteiger partial charge is 0.462 e. The normalized spacial score (nSPS) is 10.6. The second-order valence-electron chi connectivity index (χ2n) is 3.82. The van der Waals surface area contributed by atoms with Gasteiger partial charge in [-0.15, -0.1) is 0 Å². The second kappa shape index (κ2) is 4.94. The van der Waals surface area contributed by atoms with Crippen LogP contribution in [0.25, 0.3) is 10.9 Å². The Balaban J connectivity index is 2.77. The number of esters is 1. The third-order valence-electron chi connectivity index (χ3n) is 2.71. The van der Waals surface area contributed by atoms with Crippen LogP contribution < -0.4 is 5.56 Å². The molecule has 0 aliphatic heterocycles. The number of carbonyl (C=O) groups excluding carboxylic acids is 1. The van der Waals surface area contributed by atoms with Gasteiger partial charge < -0.3 is 9.30 Å². The Hall–Kier alpha value is -1.62. The molecule has 0 aliphatic carbocycles. The van der Waals surface area contributed by atoms with E-state index in [0.717, 1.165) is 15.4 Å². The van der Waals surface area contributed by atoms with Crippen LogP contribution in [-0.4, -0.2) is 17.1 Å². The number of pyridine rings is 1. The first-order valence-corrected chi connectivity index (χ1v) is 6.31. The number of fused-ring (bicyclic) bond motifs is 1. The van der Waals surface area contributed by atoms with Gasteiger partial charge in [-0.2, -0.15) is 0 Å². The Kier molecular flexibility index (Phi) is 3.52. The zero-order valence-electron chi connectivity index (χ0n) is 10.1. The third kappa shape index (κ3) is 2.06. The summed E-state index contributed by atoms with van der Waals surface area (Å²) in [5.41, 5.74) is 0.472. The van der Waals surface area contributed by atoms with Gasteiger partial charge in [0.15, 0.2) is 0 Å². The lowest BCUT2D eigenvalue weighted by molar-refractivity contribution is 0.0524. The fraction of sp³-hybridized carbons (Fsp3) is 0.231. The van der Waals surface area contributed by atoms with Crippen LogP contribution in [0.15, 0.2) is 33.5 Å². The van der Waals surface area contributed by atoms with Crippen LogP contribution in [0.5, 0.6) is 0 Å². The van der Waals surface area contributed by atoms with E-state index in [-0.39, 0.29) is 17.7 Å². The molecule has 1 aromatic heterocycles. The van der Waals surface area contributed by atoms with E-state index in [1.54, 1.807) is 20.0 Å². The Bertz CT molecular complexity index is 676. The number of aromatic nitrogens is 1. The minimum absolute atomic E-state index is 0.0544. The van der Waals surface area contributed by atoms with Crippen molar-refractivity contribution in [2.45, 2.75) is 6.92 Å². The van der Waals surface area contributed by atoms with Crippen LogP contribution in [0.1, 0.15) is 17.3 Å². The predicted octanol–water partition coefficient (Wildman–Crippen LogP) is 2.48. The van der Waals surface area contributed by atoms with Gasteiger partial charge in [0.1, 0.15) is 5.56 Å². The van der Waals surface area contributed by atoms with E-state index >= 15 is 0 Å². The molecule has 2 rings (SSSR count). The van der Waals surface area contributed by atoms with Crippen molar-refractivity contribution in [1.29, 1.82) is 0 Å². The zero-order valence-corrected chi connectivity index (χ0v) is 11.7. The topological polar surface area (TPSA) is 48.3 Å². The van der Waals surface area contributed by atoms with E-state index < -0.39 is 5.97 Å². The molecular weight excluding hydrogens is 298 g/mol. The summed E-state index contributed by atoms with van der Waals surface area (Å²) in [6, 6.07) is 7.10. The third-order valence-corrected chi connectivity index (χ3v) is 3.40. The van der Waals surface area contributed by atoms with E-state index in [1.165, 1.54) is 4.57 Å². The molecule has 94 valence electrons. The lowest BCUT2D eigenvalue weighted by atomic mass is 10.1. The van der Waals surface area contributed by atoms with Crippen molar-refractivity contribution in [2.24, 2.45) is 7.05 Å². The lowest BCUT2D eigenvalue weighted by Gasteiger charge is -2.09. The first-order valence-electron chi connectivity index (χ1n) is 5.51. The van der Waals surface area contributed by atoms with E-state index in [0.29, 0.717) is 0 Å². The summed E-state index contributed by atoms with van der Waals surface area (Å²) in [5, 5.41) is 0.808. The highest BCUT2D eigenvalue weighted by atomic mass is 79.9. The summed E-state index contributed by atoms with van der Waals surface area (Å²) in [6.45, 7) is 1.95. The number of halogens is 1. The molecule has 0 fully saturated rings. The van der Waals surface area contributed by atoms with E-state index in [4.69, 9.17) is 4.74 Å². The molecular formula is C13H12BrNO3. The maximum Gasteiger partial charge on any atom is 0.343 e. The highest BCUT2D eigenvalue weighted by molar-refractivity contribution is 9.10. The molecule has 0 amide bonds. The maximum atomic E-state index is 12.1. The molecule has 0 unspecified atom stereocenters. The van der Waals surface area contributed by atoms with Crippen molar-refractivity contribution in [2.75, 3.05) is 6.61 Å². The summed E-state index contributed by atoms with van der Waals surface area (Å²) in [7, 11) is 1.64. The molecule has 1 heterocycles. The first kappa shape index (κ1) is 12.8. The first-order chi connectivity index (χ1) is 8.56. The van der Waals surface area contributed by atoms with Gasteiger partial charge in [0.2, 0.25) is 0 Å². The summed E-state index contributed by atoms with van der Waals surface area (Å²) in [4.78, 5) is 23.8. The van der Waals surface area contributed by atoms with Crippen molar-refractivity contribution in [3.8, 4) is 0 Å². The molecule has 5 heteroatoms. The van der Waals surface area contributed by atoms with Gasteiger partial charge in [-0.1, -0.05) is 22.0 Å². The number of rotatable bonds is 2. The number of ether oxygens (including phenoxy) is 1. The van der Waals surface area contributed by atoms with Gasteiger partial charge in [-0.05, 0) is 25.1 Å². The van der Waals surface area contributed by atoms with Gasteiger partial charge in [0.05, 0.1) is 12.1 Å². The summed E-state index contributed by atoms with van der Waals surface area (Å²) < 4.78 is 7.17. The molecule has 4 nitrogen and oxygen atoms in total. The number of carbonyl (C=O) groups is 1. The average Bonchev–Trinajstić information content (AvgIpc) is 2.34. The van der Waals surface area contributed by atoms with Crippen LogP contribution in [0.4, 0.5) is 0 Å². The summed E-state index contributed by atoms with van der Waals surface area (Å²) in [6.07, 6.45) is 0. The summed E-state index contributed by atoms with van der Waals surface area (Å²) in [5.74, 6) is -0.587. The van der Waals surface area contributed by atoms with Crippen molar-refractivity contribution in [3.63, 3.8) is 0 Å². The van der Waals surface area contributed by atoms with Gasteiger partial charge in [-0.25, -0.2) is 4.79 Å². The Morgan fingerprint density at radius 3 is 2.83 bits per heavy atom. The van der Waals surface area contributed by atoms with E-state index in [9.17, 15) is 9.59 Å². The number of benzene rings is 1. The van der Waals surface area contributed by atoms with Gasteiger partial charge in [0.25, 0.3) is 5.56 Å². The molecule has 0 saturated heterocycles. The van der Waals surface area contributed by atoms with Gasteiger partial charge >= 0.3 is 5.97 Å². The highest BCUT2D eigenvalue weighted by Gasteiger charge is 2.15. The molecule has 0 saturated carbocycles. The van der Waals surface area contributed by atoms with Crippen LogP contribution >= 0.6 is 15.9 Å². The fourth-order valence-corrected chi connectivity index (χ4v) is 2.28. The lowest BCUT2D eigenvalue weighted by Crippen LogP contribution is -2.25. The van der Waals surface area contributed by atoms with E-state index in [2.05, 4.69) is 15.9 Å². The van der Waals surface area contributed by atoms with Gasteiger partial charge in [-0.3, -0.25) is 4.79 Å². The van der Waals surface area contributed by atoms with Gasteiger partial charge in [0, 0.05) is 16.9 Å². The van der Waals surface area contributed by atoms with Crippen molar-refractivity contribution < 1.29 is 9.53 Å². The Morgan fingerprint density at radius 2 is 2.17 bits per heavy atom. The van der Waals surface area contributed by atoms with Crippen molar-refractivity contribution >= 4 is 32.8 Å². The zero-order chi connectivity index (χ0) is 13.3. The number of nitrogens with zero attached hydrogens (tertiary/aromatic N) is 1. The quantitative estimate of drug-likeness (QED) is 0.801. The number of hydrogen-bond donors (Lipinski definition) is 0. The molecule has 2 aromatic rings. The summed E-state index contributed by atoms with van der Waals surface area (Å²) >= 11 is 3.41. The number of aryl methyl sites for hydroxylation is 1. The maximum absolute atomic E-state index is 12.1. The highest BCUT2D eigenvalue weighted by Crippen LogP contribution is 2.23. The molecule has 1 aromatic carbocycles. The SMILES string of the molecule is CCOC(=O)c1cc2c(Br)cccc2n(C)c1=O. The minimum atomic E-state index is -0.587. The van der Waals surface area contributed by atoms with Crippen LogP contribution in [0.2, 0.25) is 0 Å². The molecule has 0 aliphatic rings. The van der Waals surface area contributed by atoms with Crippen LogP contribution in [0, 0.1) is 0 Å². The number of hydrogen-bond acceptors (Lipinski definition) is 3. The average molecular weight is 310 g/mol. The predicted molar refractivity (Wildman–Crippen MR) is 72.8 cm³/mol. The molecule has 0 N–H and O–H groups in total. The smallest absolute Gasteiger partial charge is 0.343 e. The monoisotopic (exact) mass is 309 g/mol. The van der Waals surface area contributed by atoms with Crippen LogP contribution in [0.3, 0.4) is 0 Å². The fourth-order valence-electron chi connectivity index (χ4n) is 1.81. The van der Waals surface area contributed by atoms with Crippen molar-refractivity contribution in [3.05, 3.63) is 44.7 Å². The standard InChI is InChI=1S/C13H12BrNO3/c1-3-18-13(17)9-7-8-10(14)5-4-6-11(8)15(2)12(9)16/h4-7H,3H2,1-2H3. The Labute approximate surface area is 112 Å². The van der Waals surface area contributed by atoms with Crippen molar-refractivity contribution in [1.82, 2.24) is 4.57 Å². The molecule has 18 heavy (non-hydrogen) atoms. The Morgan fingerprint density at radius 1 is 1.44 bits per heavy atom. The van der Waals surface area contributed by atoms with Crippen LogP contribution in [-0.2, 0) is 11.8 Å².